The van der Waals surface area contributed by atoms with Crippen LogP contribution in [0.1, 0.15) is 5.69 Å². The van der Waals surface area contributed by atoms with E-state index in [0.29, 0.717) is 6.54 Å². The molecule has 1 aromatic heterocycles. The van der Waals surface area contributed by atoms with Gasteiger partial charge in [-0.2, -0.15) is 0 Å². The fourth-order valence-electron chi connectivity index (χ4n) is 1.30. The van der Waals surface area contributed by atoms with Gasteiger partial charge in [0.2, 0.25) is 0 Å². The summed E-state index contributed by atoms with van der Waals surface area (Å²) in [4.78, 5) is 7.54. The predicted molar refractivity (Wildman–Crippen MR) is 67.3 cm³/mol. The van der Waals surface area contributed by atoms with Crippen molar-refractivity contribution in [1.29, 1.82) is 0 Å². The van der Waals surface area contributed by atoms with Crippen molar-refractivity contribution in [2.75, 3.05) is 0 Å². The fraction of sp³-hybridized carbons (Fsp3) is 0.100. The maximum absolute atomic E-state index is 5.57. The summed E-state index contributed by atoms with van der Waals surface area (Å²) in [5.41, 5.74) is 7.50. The van der Waals surface area contributed by atoms with Gasteiger partial charge in [-0.3, -0.25) is 0 Å². The van der Waals surface area contributed by atoms with Gasteiger partial charge in [-0.05, 0) is 22.0 Å². The third-order valence-electron chi connectivity index (χ3n) is 2.06. The quantitative estimate of drug-likeness (QED) is 0.889. The van der Waals surface area contributed by atoms with Gasteiger partial charge in [0.1, 0.15) is 10.4 Å². The van der Waals surface area contributed by atoms with Crippen LogP contribution in [0.25, 0.3) is 11.4 Å². The number of imidazole rings is 1. The first-order valence-electron chi connectivity index (χ1n) is 4.41. The molecule has 0 bridgehead atoms. The Balaban J connectivity index is 2.50. The van der Waals surface area contributed by atoms with Gasteiger partial charge in [0.15, 0.2) is 0 Å². The maximum atomic E-state index is 5.57. The molecule has 1 heterocycles. The molecule has 0 spiro atoms. The van der Waals surface area contributed by atoms with Crippen molar-refractivity contribution in [2.45, 2.75) is 6.54 Å². The molecule has 78 valence electrons. The number of nitrogens with one attached hydrogen (secondary N) is 1. The van der Waals surface area contributed by atoms with Crippen LogP contribution in [0.4, 0.5) is 0 Å². The fourth-order valence-corrected chi connectivity index (χ4v) is 2.22. The highest BCUT2D eigenvalue weighted by Gasteiger charge is 2.09. The largest absolute Gasteiger partial charge is 0.340 e. The average Bonchev–Trinajstić information content (AvgIpc) is 2.60. The van der Waals surface area contributed by atoms with E-state index in [1.165, 1.54) is 0 Å². The van der Waals surface area contributed by atoms with Crippen LogP contribution in [0.3, 0.4) is 0 Å². The van der Waals surface area contributed by atoms with Crippen LogP contribution in [-0.4, -0.2) is 9.97 Å². The van der Waals surface area contributed by atoms with Gasteiger partial charge in [0.05, 0.1) is 5.69 Å². The number of aromatic amines is 1. The van der Waals surface area contributed by atoms with Crippen molar-refractivity contribution in [3.8, 4) is 11.4 Å². The Kier molecular flexibility index (Phi) is 3.23. The Morgan fingerprint density at radius 3 is 2.60 bits per heavy atom. The summed E-state index contributed by atoms with van der Waals surface area (Å²) in [6, 6.07) is 7.91. The summed E-state index contributed by atoms with van der Waals surface area (Å²) >= 11 is 6.84. The molecule has 0 saturated carbocycles. The van der Waals surface area contributed by atoms with Crippen LogP contribution >= 0.6 is 31.9 Å². The van der Waals surface area contributed by atoms with Gasteiger partial charge in [-0.1, -0.05) is 34.1 Å². The van der Waals surface area contributed by atoms with Crippen LogP contribution < -0.4 is 5.73 Å². The van der Waals surface area contributed by atoms with Crippen molar-refractivity contribution in [2.24, 2.45) is 5.73 Å². The SMILES string of the molecule is NCc1[nH]c(-c2ccccc2Br)nc1Br. The Morgan fingerprint density at radius 1 is 1.27 bits per heavy atom. The number of hydrogen-bond donors (Lipinski definition) is 2. The number of rotatable bonds is 2. The second kappa shape index (κ2) is 4.47. The minimum Gasteiger partial charge on any atom is -0.340 e. The lowest BCUT2D eigenvalue weighted by atomic mass is 10.2. The van der Waals surface area contributed by atoms with Gasteiger partial charge in [-0.15, -0.1) is 0 Å². The Morgan fingerprint density at radius 2 is 2.00 bits per heavy atom. The van der Waals surface area contributed by atoms with Gasteiger partial charge < -0.3 is 10.7 Å². The molecule has 0 aliphatic heterocycles. The Labute approximate surface area is 104 Å². The molecule has 5 heteroatoms. The van der Waals surface area contributed by atoms with E-state index in [0.717, 1.165) is 26.2 Å². The lowest BCUT2D eigenvalue weighted by Gasteiger charge is -1.99. The molecule has 0 fully saturated rings. The molecule has 15 heavy (non-hydrogen) atoms. The van der Waals surface area contributed by atoms with Crippen molar-refractivity contribution >= 4 is 31.9 Å². The van der Waals surface area contributed by atoms with Crippen LogP contribution in [0.15, 0.2) is 33.3 Å². The van der Waals surface area contributed by atoms with Crippen molar-refractivity contribution in [3.63, 3.8) is 0 Å². The van der Waals surface area contributed by atoms with Crippen molar-refractivity contribution < 1.29 is 0 Å². The zero-order valence-corrected chi connectivity index (χ0v) is 11.0. The van der Waals surface area contributed by atoms with E-state index in [1.807, 2.05) is 24.3 Å². The van der Waals surface area contributed by atoms with Crippen LogP contribution in [0.5, 0.6) is 0 Å². The van der Waals surface area contributed by atoms with Gasteiger partial charge >= 0.3 is 0 Å². The zero-order valence-electron chi connectivity index (χ0n) is 7.80. The van der Waals surface area contributed by atoms with E-state index in [-0.39, 0.29) is 0 Å². The maximum Gasteiger partial charge on any atom is 0.140 e. The third-order valence-corrected chi connectivity index (χ3v) is 3.41. The molecule has 0 radical (unpaired) electrons. The summed E-state index contributed by atoms with van der Waals surface area (Å²) in [7, 11) is 0. The van der Waals surface area contributed by atoms with E-state index in [9.17, 15) is 0 Å². The molecule has 2 aromatic rings. The molecule has 0 saturated heterocycles. The van der Waals surface area contributed by atoms with E-state index in [1.54, 1.807) is 0 Å². The standard InChI is InChI=1S/C10H9Br2N3/c11-7-4-2-1-3-6(7)10-14-8(5-13)9(12)15-10/h1-4H,5,13H2,(H,14,15). The lowest BCUT2D eigenvalue weighted by Crippen LogP contribution is -1.96. The normalized spacial score (nSPS) is 10.6. The summed E-state index contributed by atoms with van der Waals surface area (Å²) in [5, 5.41) is 0. The van der Waals surface area contributed by atoms with Gasteiger partial charge in [0, 0.05) is 16.6 Å². The topological polar surface area (TPSA) is 54.7 Å². The minimum atomic E-state index is 0.442. The van der Waals surface area contributed by atoms with Crippen LogP contribution in [0.2, 0.25) is 0 Å². The molecule has 3 N–H and O–H groups in total. The molecule has 0 aliphatic rings. The molecule has 2 rings (SSSR count). The predicted octanol–water partition coefficient (Wildman–Crippen LogP) is 3.06. The van der Waals surface area contributed by atoms with Crippen LogP contribution in [-0.2, 0) is 6.54 Å². The third kappa shape index (κ3) is 2.14. The smallest absolute Gasteiger partial charge is 0.140 e. The average molecular weight is 331 g/mol. The summed E-state index contributed by atoms with van der Waals surface area (Å²) in [6.45, 7) is 0.442. The van der Waals surface area contributed by atoms with Crippen LogP contribution in [0, 0.1) is 0 Å². The van der Waals surface area contributed by atoms with E-state index >= 15 is 0 Å². The minimum absolute atomic E-state index is 0.442. The Bertz CT molecular complexity index is 479. The lowest BCUT2D eigenvalue weighted by molar-refractivity contribution is 1.00. The second-order valence-electron chi connectivity index (χ2n) is 3.04. The highest BCUT2D eigenvalue weighted by Crippen LogP contribution is 2.27. The molecule has 3 nitrogen and oxygen atoms in total. The molecular weight excluding hydrogens is 322 g/mol. The number of aromatic nitrogens is 2. The number of nitrogens with two attached hydrogens (primary N) is 1. The van der Waals surface area contributed by atoms with Crippen molar-refractivity contribution in [1.82, 2.24) is 9.97 Å². The summed E-state index contributed by atoms with van der Waals surface area (Å²) < 4.78 is 1.78. The number of hydrogen-bond acceptors (Lipinski definition) is 2. The summed E-state index contributed by atoms with van der Waals surface area (Å²) in [5.74, 6) is 0.815. The molecular formula is C10H9Br2N3. The molecule has 0 aliphatic carbocycles. The number of H-pyrrole nitrogens is 1. The molecule has 0 amide bonds. The highest BCUT2D eigenvalue weighted by molar-refractivity contribution is 9.10. The van der Waals surface area contributed by atoms with Gasteiger partial charge in [-0.25, -0.2) is 4.98 Å². The summed E-state index contributed by atoms with van der Waals surface area (Å²) in [6.07, 6.45) is 0. The first kappa shape index (κ1) is 10.9. The second-order valence-corrected chi connectivity index (χ2v) is 4.64. The number of halogens is 2. The number of nitrogens with zero attached hydrogens (tertiary/aromatic N) is 1. The first-order valence-corrected chi connectivity index (χ1v) is 6.00. The molecule has 0 atom stereocenters. The molecule has 0 unspecified atom stereocenters. The van der Waals surface area contributed by atoms with Crippen molar-refractivity contribution in [3.05, 3.63) is 39.0 Å². The monoisotopic (exact) mass is 329 g/mol. The Hall–Kier alpha value is -0.650. The van der Waals surface area contributed by atoms with E-state index in [4.69, 9.17) is 5.73 Å². The highest BCUT2D eigenvalue weighted by atomic mass is 79.9. The zero-order chi connectivity index (χ0) is 10.8. The van der Waals surface area contributed by atoms with E-state index < -0.39 is 0 Å². The van der Waals surface area contributed by atoms with E-state index in [2.05, 4.69) is 41.8 Å². The van der Waals surface area contributed by atoms with Gasteiger partial charge in [0.25, 0.3) is 0 Å². The molecule has 1 aromatic carbocycles. The first-order chi connectivity index (χ1) is 7.22. The number of benzene rings is 1.